The number of hydrogen-bond donors (Lipinski definition) is 0. The molecule has 0 bridgehead atoms. The quantitative estimate of drug-likeness (QED) is 0.603. The molecule has 4 nitrogen and oxygen atoms in total. The van der Waals surface area contributed by atoms with Gasteiger partial charge in [-0.05, 0) is 35.1 Å². The molecular formula is C18H24BIrN4. The SMILES string of the molecule is CC(C)c1ccc(N2[B]N(c3ccc(C(C)C)cn3)CC2)nc1.[Ir]. The van der Waals surface area contributed by atoms with E-state index in [1.165, 1.54) is 11.1 Å². The monoisotopic (exact) mass is 500 g/mol. The van der Waals surface area contributed by atoms with Crippen LogP contribution in [-0.2, 0) is 20.1 Å². The molecule has 0 aliphatic carbocycles. The van der Waals surface area contributed by atoms with Crippen LogP contribution in [0.5, 0.6) is 0 Å². The minimum Gasteiger partial charge on any atom is -0.382 e. The fourth-order valence-corrected chi connectivity index (χ4v) is 2.66. The zero-order valence-corrected chi connectivity index (χ0v) is 17.1. The third-order valence-electron chi connectivity index (χ3n) is 4.32. The molecular weight excluding hydrogens is 475 g/mol. The molecule has 1 saturated heterocycles. The Kier molecular flexibility index (Phi) is 6.42. The van der Waals surface area contributed by atoms with E-state index in [0.717, 1.165) is 24.7 Å². The third kappa shape index (κ3) is 4.17. The molecule has 2 radical (unpaired) electrons. The molecule has 0 atom stereocenters. The van der Waals surface area contributed by atoms with Gasteiger partial charge in [-0.2, -0.15) is 0 Å². The molecule has 0 aromatic carbocycles. The van der Waals surface area contributed by atoms with Crippen molar-refractivity contribution in [3.63, 3.8) is 0 Å². The normalized spacial score (nSPS) is 14.1. The summed E-state index contributed by atoms with van der Waals surface area (Å²) in [6, 6.07) is 8.54. The standard InChI is InChI=1S/C18H24BN4.Ir/c1-13(2)15-5-7-17(20-11-15)22-9-10-23(19-22)18-8-6-16(12-21-18)14(3)4;/h5-8,11-14H,9-10H2,1-4H3;. The van der Waals surface area contributed by atoms with Crippen molar-refractivity contribution in [2.75, 3.05) is 22.7 Å². The van der Waals surface area contributed by atoms with Crippen molar-refractivity contribution >= 4 is 19.2 Å². The molecule has 1 aliphatic heterocycles. The van der Waals surface area contributed by atoms with Crippen molar-refractivity contribution in [1.82, 2.24) is 9.97 Å². The average molecular weight is 499 g/mol. The minimum atomic E-state index is 0. The second-order valence-corrected chi connectivity index (χ2v) is 6.71. The van der Waals surface area contributed by atoms with Crippen LogP contribution in [0.4, 0.5) is 11.6 Å². The van der Waals surface area contributed by atoms with Gasteiger partial charge in [0.2, 0.25) is 0 Å². The summed E-state index contributed by atoms with van der Waals surface area (Å²) in [5, 5.41) is 0. The molecule has 1 aliphatic rings. The van der Waals surface area contributed by atoms with E-state index in [1.54, 1.807) is 0 Å². The molecule has 128 valence electrons. The van der Waals surface area contributed by atoms with Gasteiger partial charge in [0.05, 0.1) is 0 Å². The van der Waals surface area contributed by atoms with Crippen LogP contribution in [0, 0.1) is 0 Å². The van der Waals surface area contributed by atoms with E-state index >= 15 is 0 Å². The Balaban J connectivity index is 0.00000208. The molecule has 0 saturated carbocycles. The Morgan fingerprint density at radius 1 is 0.792 bits per heavy atom. The first kappa shape index (κ1) is 18.9. The minimum absolute atomic E-state index is 0. The van der Waals surface area contributed by atoms with E-state index in [-0.39, 0.29) is 20.1 Å². The van der Waals surface area contributed by atoms with E-state index in [4.69, 9.17) is 0 Å². The Morgan fingerprint density at radius 3 is 1.50 bits per heavy atom. The zero-order valence-electron chi connectivity index (χ0n) is 14.7. The Morgan fingerprint density at radius 2 is 1.21 bits per heavy atom. The zero-order chi connectivity index (χ0) is 16.4. The third-order valence-corrected chi connectivity index (χ3v) is 4.32. The molecule has 2 aromatic heterocycles. The maximum Gasteiger partial charge on any atom is 0.394 e. The number of hydrogen-bond acceptors (Lipinski definition) is 4. The first-order chi connectivity index (χ1) is 11.0. The number of aromatic nitrogens is 2. The molecule has 0 unspecified atom stereocenters. The van der Waals surface area contributed by atoms with E-state index in [1.807, 2.05) is 12.4 Å². The van der Waals surface area contributed by atoms with Gasteiger partial charge in [-0.1, -0.05) is 39.8 Å². The smallest absolute Gasteiger partial charge is 0.382 e. The maximum atomic E-state index is 4.59. The molecule has 2 aromatic rings. The van der Waals surface area contributed by atoms with E-state index in [9.17, 15) is 0 Å². The van der Waals surface area contributed by atoms with Gasteiger partial charge in [0.1, 0.15) is 11.6 Å². The van der Waals surface area contributed by atoms with Crippen LogP contribution in [0.15, 0.2) is 36.7 Å². The van der Waals surface area contributed by atoms with Crippen LogP contribution in [0.3, 0.4) is 0 Å². The van der Waals surface area contributed by atoms with Gasteiger partial charge in [-0.3, -0.25) is 0 Å². The van der Waals surface area contributed by atoms with Crippen LogP contribution in [0.2, 0.25) is 0 Å². The predicted octanol–water partition coefficient (Wildman–Crippen LogP) is 3.58. The van der Waals surface area contributed by atoms with Gasteiger partial charge in [0.15, 0.2) is 0 Å². The number of rotatable bonds is 4. The Bertz CT molecular complexity index is 586. The average Bonchev–Trinajstić information content (AvgIpc) is 3.05. The van der Waals surface area contributed by atoms with Gasteiger partial charge in [-0.15, -0.1) is 0 Å². The molecule has 3 rings (SSSR count). The van der Waals surface area contributed by atoms with Crippen LogP contribution >= 0.6 is 0 Å². The summed E-state index contributed by atoms with van der Waals surface area (Å²) >= 11 is 0. The van der Waals surface area contributed by atoms with Crippen LogP contribution in [0.25, 0.3) is 0 Å². The predicted molar refractivity (Wildman–Crippen MR) is 97.1 cm³/mol. The second-order valence-electron chi connectivity index (χ2n) is 6.71. The van der Waals surface area contributed by atoms with Gasteiger partial charge in [0.25, 0.3) is 0 Å². The van der Waals surface area contributed by atoms with E-state index < -0.39 is 0 Å². The largest absolute Gasteiger partial charge is 0.394 e. The van der Waals surface area contributed by atoms with Crippen molar-refractivity contribution in [3.05, 3.63) is 47.8 Å². The summed E-state index contributed by atoms with van der Waals surface area (Å²) in [6.07, 6.45) is 3.96. The van der Waals surface area contributed by atoms with Gasteiger partial charge >= 0.3 is 7.55 Å². The Labute approximate surface area is 159 Å². The van der Waals surface area contributed by atoms with Crippen LogP contribution in [-0.4, -0.2) is 30.6 Å². The van der Waals surface area contributed by atoms with Crippen molar-refractivity contribution in [1.29, 1.82) is 0 Å². The number of anilines is 2. The topological polar surface area (TPSA) is 32.3 Å². The number of pyridine rings is 2. The van der Waals surface area contributed by atoms with Crippen LogP contribution < -0.4 is 9.62 Å². The first-order valence-electron chi connectivity index (χ1n) is 8.35. The first-order valence-corrected chi connectivity index (χ1v) is 8.35. The molecule has 0 N–H and O–H groups in total. The summed E-state index contributed by atoms with van der Waals surface area (Å²) in [5.41, 5.74) is 2.55. The summed E-state index contributed by atoms with van der Waals surface area (Å²) in [6.45, 7) is 10.6. The molecule has 6 heteroatoms. The van der Waals surface area contributed by atoms with Crippen molar-refractivity contribution in [3.8, 4) is 0 Å². The van der Waals surface area contributed by atoms with Crippen LogP contribution in [0.1, 0.15) is 50.7 Å². The van der Waals surface area contributed by atoms with E-state index in [0.29, 0.717) is 11.8 Å². The molecule has 0 amide bonds. The Hall–Kier alpha value is -1.39. The van der Waals surface area contributed by atoms with Crippen molar-refractivity contribution in [2.45, 2.75) is 39.5 Å². The number of nitrogens with zero attached hydrogens (tertiary/aromatic N) is 4. The van der Waals surface area contributed by atoms with Gasteiger partial charge in [0, 0.05) is 45.6 Å². The summed E-state index contributed by atoms with van der Waals surface area (Å²) in [4.78, 5) is 13.6. The van der Waals surface area contributed by atoms with E-state index in [2.05, 4.69) is 79.1 Å². The summed E-state index contributed by atoms with van der Waals surface area (Å²) in [5.74, 6) is 3.02. The second kappa shape index (κ2) is 8.13. The molecule has 3 heterocycles. The maximum absolute atomic E-state index is 4.59. The molecule has 24 heavy (non-hydrogen) atoms. The van der Waals surface area contributed by atoms with Gasteiger partial charge < -0.3 is 9.62 Å². The molecule has 1 fully saturated rings. The summed E-state index contributed by atoms with van der Waals surface area (Å²) in [7, 11) is 2.11. The van der Waals surface area contributed by atoms with Crippen molar-refractivity contribution in [2.24, 2.45) is 0 Å². The summed E-state index contributed by atoms with van der Waals surface area (Å²) < 4.78 is 0. The van der Waals surface area contributed by atoms with Crippen molar-refractivity contribution < 1.29 is 20.1 Å². The van der Waals surface area contributed by atoms with Gasteiger partial charge in [-0.25, -0.2) is 9.97 Å². The fourth-order valence-electron chi connectivity index (χ4n) is 2.66. The molecule has 0 spiro atoms. The fraction of sp³-hybridized carbons (Fsp3) is 0.444.